The number of pyridine rings is 1. The number of carbonyl (C=O) groups excluding carboxylic acids is 1. The lowest BCUT2D eigenvalue weighted by atomic mass is 10.3. The van der Waals surface area contributed by atoms with Crippen LogP contribution in [0.5, 0.6) is 11.5 Å². The number of amides is 1. The quantitative estimate of drug-likeness (QED) is 0.841. The number of nitrogen functional groups attached to an aromatic ring is 1. The normalized spacial score (nSPS) is 12.2. The van der Waals surface area contributed by atoms with Gasteiger partial charge in [0, 0.05) is 22.8 Å². The van der Waals surface area contributed by atoms with E-state index < -0.39 is 0 Å². The van der Waals surface area contributed by atoms with E-state index in [1.165, 1.54) is 11.8 Å². The van der Waals surface area contributed by atoms with Gasteiger partial charge in [-0.15, -0.1) is 11.8 Å². The van der Waals surface area contributed by atoms with Crippen LogP contribution in [-0.4, -0.2) is 23.4 Å². The van der Waals surface area contributed by atoms with Crippen molar-refractivity contribution in [3.63, 3.8) is 0 Å². The average molecular weight is 303 g/mol. The minimum absolute atomic E-state index is 0.101. The molecule has 1 aromatic carbocycles. The van der Waals surface area contributed by atoms with Crippen LogP contribution < -0.4 is 20.5 Å². The first-order valence-electron chi connectivity index (χ1n) is 6.24. The number of nitrogens with two attached hydrogens (primary N) is 1. The Bertz CT molecular complexity index is 661. The van der Waals surface area contributed by atoms with Gasteiger partial charge < -0.3 is 20.5 Å². The van der Waals surface area contributed by atoms with Crippen LogP contribution in [0.4, 0.5) is 11.5 Å². The zero-order valence-corrected chi connectivity index (χ0v) is 11.9. The van der Waals surface area contributed by atoms with E-state index in [-0.39, 0.29) is 12.7 Å². The van der Waals surface area contributed by atoms with Crippen molar-refractivity contribution in [1.29, 1.82) is 0 Å². The number of benzene rings is 1. The number of fused-ring (bicyclic) bond motifs is 1. The maximum atomic E-state index is 11.9. The number of aromatic nitrogens is 1. The van der Waals surface area contributed by atoms with Crippen molar-refractivity contribution in [3.05, 3.63) is 36.5 Å². The Kier molecular flexibility index (Phi) is 3.83. The molecule has 7 heteroatoms. The number of rotatable bonds is 4. The highest BCUT2D eigenvalue weighted by Gasteiger charge is 2.14. The number of nitrogens with zero attached hydrogens (tertiary/aromatic N) is 1. The van der Waals surface area contributed by atoms with Crippen molar-refractivity contribution in [2.75, 3.05) is 23.6 Å². The number of hydrogen-bond acceptors (Lipinski definition) is 6. The van der Waals surface area contributed by atoms with Crippen molar-refractivity contribution >= 4 is 29.2 Å². The second-order valence-electron chi connectivity index (χ2n) is 4.32. The average Bonchev–Trinajstić information content (AvgIpc) is 2.94. The van der Waals surface area contributed by atoms with Gasteiger partial charge in [0.25, 0.3) is 0 Å². The number of hydrogen-bond donors (Lipinski definition) is 2. The summed E-state index contributed by atoms with van der Waals surface area (Å²) in [5.74, 6) is 1.98. The van der Waals surface area contributed by atoms with Crippen molar-refractivity contribution in [2.24, 2.45) is 0 Å². The van der Waals surface area contributed by atoms with Gasteiger partial charge in [0.15, 0.2) is 11.5 Å². The van der Waals surface area contributed by atoms with E-state index in [4.69, 9.17) is 15.2 Å². The molecule has 3 rings (SSSR count). The molecule has 0 spiro atoms. The third kappa shape index (κ3) is 3.38. The van der Waals surface area contributed by atoms with Crippen molar-refractivity contribution in [1.82, 2.24) is 4.98 Å². The van der Waals surface area contributed by atoms with Crippen LogP contribution in [0.1, 0.15) is 0 Å². The molecule has 2 aromatic rings. The monoisotopic (exact) mass is 303 g/mol. The summed E-state index contributed by atoms with van der Waals surface area (Å²) < 4.78 is 10.5. The molecule has 0 fully saturated rings. The van der Waals surface area contributed by atoms with E-state index >= 15 is 0 Å². The Labute approximate surface area is 125 Å². The van der Waals surface area contributed by atoms with Gasteiger partial charge in [-0.25, -0.2) is 4.98 Å². The molecule has 0 bridgehead atoms. The van der Waals surface area contributed by atoms with Crippen LogP contribution in [0.2, 0.25) is 0 Å². The minimum atomic E-state index is -0.101. The van der Waals surface area contributed by atoms with Crippen LogP contribution >= 0.6 is 11.8 Å². The van der Waals surface area contributed by atoms with Gasteiger partial charge in [-0.1, -0.05) is 0 Å². The predicted molar refractivity (Wildman–Crippen MR) is 80.6 cm³/mol. The number of thioether (sulfide) groups is 1. The molecule has 0 aliphatic carbocycles. The van der Waals surface area contributed by atoms with Gasteiger partial charge in [-0.2, -0.15) is 0 Å². The van der Waals surface area contributed by atoms with E-state index in [0.717, 1.165) is 4.90 Å². The zero-order valence-electron chi connectivity index (χ0n) is 11.0. The van der Waals surface area contributed by atoms with Crippen molar-refractivity contribution in [3.8, 4) is 11.5 Å². The summed E-state index contributed by atoms with van der Waals surface area (Å²) in [4.78, 5) is 16.8. The fourth-order valence-electron chi connectivity index (χ4n) is 1.80. The molecular weight excluding hydrogens is 290 g/mol. The molecule has 1 aliphatic heterocycles. The molecule has 6 nitrogen and oxygen atoms in total. The predicted octanol–water partition coefficient (Wildman–Crippen LogP) is 2.12. The molecule has 0 radical (unpaired) electrons. The lowest BCUT2D eigenvalue weighted by Gasteiger charge is -2.06. The first-order chi connectivity index (χ1) is 10.2. The van der Waals surface area contributed by atoms with Crippen LogP contribution in [0, 0.1) is 0 Å². The minimum Gasteiger partial charge on any atom is -0.454 e. The van der Waals surface area contributed by atoms with Gasteiger partial charge in [-0.05, 0) is 24.3 Å². The summed E-state index contributed by atoms with van der Waals surface area (Å²) in [5.41, 5.74) is 6.19. The summed E-state index contributed by atoms with van der Waals surface area (Å²) >= 11 is 1.40. The van der Waals surface area contributed by atoms with E-state index in [9.17, 15) is 4.79 Å². The summed E-state index contributed by atoms with van der Waals surface area (Å²) in [7, 11) is 0. The molecule has 0 unspecified atom stereocenters. The summed E-state index contributed by atoms with van der Waals surface area (Å²) in [6.45, 7) is 0.215. The second kappa shape index (κ2) is 5.92. The molecule has 1 amide bonds. The standard InChI is InChI=1S/C14H13N3O3S/c15-13-4-2-10(6-16-13)21-7-14(18)17-9-1-3-11-12(5-9)20-8-19-11/h1-6H,7-8H2,(H2,15,16)(H,17,18). The maximum Gasteiger partial charge on any atom is 0.234 e. The van der Waals surface area contributed by atoms with Crippen LogP contribution in [0.15, 0.2) is 41.4 Å². The fraction of sp³-hybridized carbons (Fsp3) is 0.143. The molecule has 0 saturated carbocycles. The topological polar surface area (TPSA) is 86.5 Å². The highest BCUT2D eigenvalue weighted by molar-refractivity contribution is 8.00. The third-order valence-electron chi connectivity index (χ3n) is 2.79. The molecule has 21 heavy (non-hydrogen) atoms. The van der Waals surface area contributed by atoms with Gasteiger partial charge in [0.2, 0.25) is 12.7 Å². The first kappa shape index (κ1) is 13.6. The summed E-state index contributed by atoms with van der Waals surface area (Å²) in [6.07, 6.45) is 1.65. The molecule has 108 valence electrons. The van der Waals surface area contributed by atoms with Crippen molar-refractivity contribution < 1.29 is 14.3 Å². The Balaban J connectivity index is 1.55. The number of nitrogens with one attached hydrogen (secondary N) is 1. The van der Waals surface area contributed by atoms with Crippen LogP contribution in [0.25, 0.3) is 0 Å². The number of anilines is 2. The van der Waals surface area contributed by atoms with Crippen molar-refractivity contribution in [2.45, 2.75) is 4.90 Å². The highest BCUT2D eigenvalue weighted by Crippen LogP contribution is 2.34. The van der Waals surface area contributed by atoms with E-state index in [1.807, 2.05) is 6.07 Å². The largest absolute Gasteiger partial charge is 0.454 e. The van der Waals surface area contributed by atoms with Gasteiger partial charge >= 0.3 is 0 Å². The van der Waals surface area contributed by atoms with E-state index in [1.54, 1.807) is 30.5 Å². The third-order valence-corrected chi connectivity index (χ3v) is 3.77. The highest BCUT2D eigenvalue weighted by atomic mass is 32.2. The van der Waals surface area contributed by atoms with Gasteiger partial charge in [0.1, 0.15) is 5.82 Å². The van der Waals surface area contributed by atoms with Gasteiger partial charge in [-0.3, -0.25) is 4.79 Å². The second-order valence-corrected chi connectivity index (χ2v) is 5.37. The molecule has 2 heterocycles. The lowest BCUT2D eigenvalue weighted by Crippen LogP contribution is -2.13. The Morgan fingerprint density at radius 2 is 2.14 bits per heavy atom. The molecule has 1 aromatic heterocycles. The Morgan fingerprint density at radius 3 is 2.95 bits per heavy atom. The number of ether oxygens (including phenoxy) is 2. The molecule has 1 aliphatic rings. The zero-order chi connectivity index (χ0) is 14.7. The van der Waals surface area contributed by atoms with Crippen LogP contribution in [0.3, 0.4) is 0 Å². The molecule has 0 atom stereocenters. The number of carbonyl (C=O) groups is 1. The van der Waals surface area contributed by atoms with E-state index in [0.29, 0.717) is 28.8 Å². The maximum absolute atomic E-state index is 11.9. The van der Waals surface area contributed by atoms with Crippen LogP contribution in [-0.2, 0) is 4.79 Å². The smallest absolute Gasteiger partial charge is 0.234 e. The van der Waals surface area contributed by atoms with E-state index in [2.05, 4.69) is 10.3 Å². The Hall–Kier alpha value is -2.41. The molecule has 0 saturated heterocycles. The SMILES string of the molecule is Nc1ccc(SCC(=O)Nc2ccc3c(c2)OCO3)cn1. The van der Waals surface area contributed by atoms with Gasteiger partial charge in [0.05, 0.1) is 5.75 Å². The Morgan fingerprint density at radius 1 is 1.29 bits per heavy atom. The summed E-state index contributed by atoms with van der Waals surface area (Å²) in [5, 5.41) is 2.81. The lowest BCUT2D eigenvalue weighted by molar-refractivity contribution is -0.113. The first-order valence-corrected chi connectivity index (χ1v) is 7.23. The molecule has 3 N–H and O–H groups in total. The fourth-order valence-corrected chi connectivity index (χ4v) is 2.46. The molecular formula is C14H13N3O3S. The summed E-state index contributed by atoms with van der Waals surface area (Å²) in [6, 6.07) is 8.84.